The van der Waals surface area contributed by atoms with Crippen molar-refractivity contribution in [1.82, 2.24) is 9.78 Å². The fraction of sp³-hybridized carbons (Fsp3) is 0.182. The van der Waals surface area contributed by atoms with Gasteiger partial charge in [-0.05, 0) is 29.8 Å². The lowest BCUT2D eigenvalue weighted by Gasteiger charge is -2.06. The van der Waals surface area contributed by atoms with Gasteiger partial charge in [0.15, 0.2) is 5.69 Å². The third kappa shape index (κ3) is 2.73. The summed E-state index contributed by atoms with van der Waals surface area (Å²) in [5.41, 5.74) is 5.93. The van der Waals surface area contributed by atoms with E-state index in [9.17, 15) is 13.2 Å². The van der Waals surface area contributed by atoms with Crippen LogP contribution in [0.25, 0.3) is 5.69 Å². The van der Waals surface area contributed by atoms with Crippen LogP contribution in [0.5, 0.6) is 0 Å². The van der Waals surface area contributed by atoms with Crippen LogP contribution in [0.1, 0.15) is 11.3 Å². The molecule has 0 atom stereocenters. The molecule has 0 amide bonds. The summed E-state index contributed by atoms with van der Waals surface area (Å²) in [6.45, 7) is 0.305. The van der Waals surface area contributed by atoms with Gasteiger partial charge < -0.3 is 5.73 Å². The predicted molar refractivity (Wildman–Crippen MR) is 64.2 cm³/mol. The number of benzene rings is 1. The second-order valence-electron chi connectivity index (χ2n) is 3.67. The molecule has 3 nitrogen and oxygen atoms in total. The lowest BCUT2D eigenvalue weighted by molar-refractivity contribution is -0.141. The van der Waals surface area contributed by atoms with Crippen LogP contribution >= 0.6 is 15.9 Å². The van der Waals surface area contributed by atoms with Crippen LogP contribution in [0.3, 0.4) is 0 Å². The van der Waals surface area contributed by atoms with Gasteiger partial charge in [0.05, 0.1) is 5.69 Å². The van der Waals surface area contributed by atoms with E-state index in [1.165, 1.54) is 10.9 Å². The highest BCUT2D eigenvalue weighted by Gasteiger charge is 2.33. The first-order valence-electron chi connectivity index (χ1n) is 5.03. The summed E-state index contributed by atoms with van der Waals surface area (Å²) in [6, 6.07) is 6.10. The molecule has 0 saturated carbocycles. The standard InChI is InChI=1S/C11H9BrF3N3/c12-8-3-7(6-16)4-9(5-8)18-2-1-10(17-18)11(13,14)15/h1-5H,6,16H2. The normalized spacial score (nSPS) is 11.8. The fourth-order valence-electron chi connectivity index (χ4n) is 1.50. The first kappa shape index (κ1) is 13.1. The third-order valence-electron chi connectivity index (χ3n) is 2.32. The van der Waals surface area contributed by atoms with E-state index in [0.29, 0.717) is 12.2 Å². The molecule has 0 radical (unpaired) electrons. The Labute approximate surface area is 110 Å². The average Bonchev–Trinajstić information content (AvgIpc) is 2.77. The van der Waals surface area contributed by atoms with E-state index >= 15 is 0 Å². The van der Waals surface area contributed by atoms with Crippen molar-refractivity contribution in [2.24, 2.45) is 5.73 Å². The number of aromatic nitrogens is 2. The van der Waals surface area contributed by atoms with Crippen LogP contribution in [-0.4, -0.2) is 9.78 Å². The smallest absolute Gasteiger partial charge is 0.326 e. The van der Waals surface area contributed by atoms with Gasteiger partial charge in [-0.1, -0.05) is 15.9 Å². The molecule has 96 valence electrons. The highest BCUT2D eigenvalue weighted by atomic mass is 79.9. The highest BCUT2D eigenvalue weighted by molar-refractivity contribution is 9.10. The largest absolute Gasteiger partial charge is 0.435 e. The number of rotatable bonds is 2. The topological polar surface area (TPSA) is 43.8 Å². The van der Waals surface area contributed by atoms with E-state index in [1.54, 1.807) is 18.2 Å². The molecule has 0 aliphatic heterocycles. The molecule has 7 heteroatoms. The van der Waals surface area contributed by atoms with Crippen molar-refractivity contribution in [2.75, 3.05) is 0 Å². The van der Waals surface area contributed by atoms with Crippen LogP contribution in [0.4, 0.5) is 13.2 Å². The van der Waals surface area contributed by atoms with Gasteiger partial charge in [0, 0.05) is 17.2 Å². The van der Waals surface area contributed by atoms with E-state index in [2.05, 4.69) is 21.0 Å². The van der Waals surface area contributed by atoms with E-state index in [4.69, 9.17) is 5.73 Å². The van der Waals surface area contributed by atoms with Crippen LogP contribution in [0.2, 0.25) is 0 Å². The lowest BCUT2D eigenvalue weighted by atomic mass is 10.2. The zero-order chi connectivity index (χ0) is 13.3. The summed E-state index contributed by atoms with van der Waals surface area (Å²) in [7, 11) is 0. The van der Waals surface area contributed by atoms with E-state index < -0.39 is 11.9 Å². The number of nitrogens with zero attached hydrogens (tertiary/aromatic N) is 2. The molecular formula is C11H9BrF3N3. The second kappa shape index (κ2) is 4.74. The molecule has 0 bridgehead atoms. The molecule has 0 spiro atoms. The second-order valence-corrected chi connectivity index (χ2v) is 4.58. The van der Waals surface area contributed by atoms with Gasteiger partial charge in [-0.15, -0.1) is 0 Å². The van der Waals surface area contributed by atoms with Crippen molar-refractivity contribution in [3.8, 4) is 5.69 Å². The fourth-order valence-corrected chi connectivity index (χ4v) is 2.03. The van der Waals surface area contributed by atoms with E-state index in [1.807, 2.05) is 0 Å². The zero-order valence-electron chi connectivity index (χ0n) is 9.08. The average molecular weight is 320 g/mol. The molecule has 0 aliphatic carbocycles. The van der Waals surface area contributed by atoms with Gasteiger partial charge in [-0.3, -0.25) is 0 Å². The Hall–Kier alpha value is -1.34. The predicted octanol–water partition coefficient (Wildman–Crippen LogP) is 3.11. The number of halogens is 4. The Bertz CT molecular complexity index is 563. The maximum Gasteiger partial charge on any atom is 0.435 e. The van der Waals surface area contributed by atoms with Gasteiger partial charge in [0.1, 0.15) is 0 Å². The first-order chi connectivity index (χ1) is 8.40. The van der Waals surface area contributed by atoms with Crippen LogP contribution in [-0.2, 0) is 12.7 Å². The highest BCUT2D eigenvalue weighted by Crippen LogP contribution is 2.28. The summed E-state index contributed by atoms with van der Waals surface area (Å²) in [6.07, 6.45) is -3.17. The van der Waals surface area contributed by atoms with Crippen LogP contribution in [0.15, 0.2) is 34.9 Å². The molecule has 2 N–H and O–H groups in total. The maximum atomic E-state index is 12.4. The molecule has 0 fully saturated rings. The van der Waals surface area contributed by atoms with Crippen LogP contribution < -0.4 is 5.73 Å². The minimum Gasteiger partial charge on any atom is -0.326 e. The molecule has 1 heterocycles. The van der Waals surface area contributed by atoms with Gasteiger partial charge in [-0.25, -0.2) is 4.68 Å². The molecule has 1 aromatic heterocycles. The van der Waals surface area contributed by atoms with Crippen molar-refractivity contribution in [3.63, 3.8) is 0 Å². The molecule has 2 aromatic rings. The molecule has 18 heavy (non-hydrogen) atoms. The minimum absolute atomic E-state index is 0.305. The van der Waals surface area contributed by atoms with Crippen molar-refractivity contribution in [2.45, 2.75) is 12.7 Å². The van der Waals surface area contributed by atoms with E-state index in [0.717, 1.165) is 16.1 Å². The number of nitrogens with two attached hydrogens (primary N) is 1. The van der Waals surface area contributed by atoms with Crippen molar-refractivity contribution in [3.05, 3.63) is 46.2 Å². The van der Waals surface area contributed by atoms with Crippen molar-refractivity contribution < 1.29 is 13.2 Å². The number of alkyl halides is 3. The molecule has 0 aliphatic rings. The van der Waals surface area contributed by atoms with Gasteiger partial charge in [0.25, 0.3) is 0 Å². The Kier molecular flexibility index (Phi) is 3.45. The molecule has 0 unspecified atom stereocenters. The lowest BCUT2D eigenvalue weighted by Crippen LogP contribution is -2.07. The third-order valence-corrected chi connectivity index (χ3v) is 2.78. The summed E-state index contributed by atoms with van der Waals surface area (Å²) < 4.78 is 39.2. The molecule has 1 aromatic carbocycles. The van der Waals surface area contributed by atoms with Gasteiger partial charge >= 0.3 is 6.18 Å². The monoisotopic (exact) mass is 319 g/mol. The number of hydrogen-bond donors (Lipinski definition) is 1. The van der Waals surface area contributed by atoms with Gasteiger partial charge in [-0.2, -0.15) is 18.3 Å². The Morgan fingerprint density at radius 3 is 2.56 bits per heavy atom. The van der Waals surface area contributed by atoms with Crippen molar-refractivity contribution >= 4 is 15.9 Å². The molecule has 0 saturated heterocycles. The summed E-state index contributed by atoms with van der Waals surface area (Å²) in [5.74, 6) is 0. The van der Waals surface area contributed by atoms with Crippen LogP contribution in [0, 0.1) is 0 Å². The Morgan fingerprint density at radius 1 is 1.28 bits per heavy atom. The Morgan fingerprint density at radius 2 is 2.00 bits per heavy atom. The summed E-state index contributed by atoms with van der Waals surface area (Å²) in [4.78, 5) is 0. The van der Waals surface area contributed by atoms with Gasteiger partial charge in [0.2, 0.25) is 0 Å². The SMILES string of the molecule is NCc1cc(Br)cc(-n2ccc(C(F)(F)F)n2)c1. The number of hydrogen-bond acceptors (Lipinski definition) is 2. The quantitative estimate of drug-likeness (QED) is 0.924. The first-order valence-corrected chi connectivity index (χ1v) is 5.82. The minimum atomic E-state index is -4.44. The van der Waals surface area contributed by atoms with Crippen molar-refractivity contribution in [1.29, 1.82) is 0 Å². The zero-order valence-corrected chi connectivity index (χ0v) is 10.7. The summed E-state index contributed by atoms with van der Waals surface area (Å²) in [5, 5.41) is 3.50. The Balaban J connectivity index is 2.43. The maximum absolute atomic E-state index is 12.4. The molecular weight excluding hydrogens is 311 g/mol. The molecule has 2 rings (SSSR count). The van der Waals surface area contributed by atoms with E-state index in [-0.39, 0.29) is 0 Å². The summed E-state index contributed by atoms with van der Waals surface area (Å²) >= 11 is 3.28.